The van der Waals surface area contributed by atoms with Gasteiger partial charge in [0, 0.05) is 0 Å². The van der Waals surface area contributed by atoms with Crippen molar-refractivity contribution in [1.29, 1.82) is 0 Å². The fraction of sp³-hybridized carbons (Fsp3) is 0.0811. The summed E-state index contributed by atoms with van der Waals surface area (Å²) in [7, 11) is 0. The monoisotopic (exact) mass is 474 g/mol. The summed E-state index contributed by atoms with van der Waals surface area (Å²) < 4.78 is 0. The maximum absolute atomic E-state index is 2.36. The second-order valence-corrected chi connectivity index (χ2v) is 9.97. The molecule has 0 bridgehead atoms. The molecule has 0 spiro atoms. The lowest BCUT2D eigenvalue weighted by Gasteiger charge is -2.14. The molecule has 178 valence electrons. The average Bonchev–Trinajstić information content (AvgIpc) is 2.95. The van der Waals surface area contributed by atoms with E-state index in [1.807, 2.05) is 0 Å². The third-order valence-corrected chi connectivity index (χ3v) is 7.58. The first-order valence-electron chi connectivity index (χ1n) is 12.9. The summed E-state index contributed by atoms with van der Waals surface area (Å²) in [4.78, 5) is 0. The minimum atomic E-state index is 1.20. The standard InChI is InChI=1S/C37H30/c1-25-14-20-33-34-21-19-32(24-36(34)27(3)26(2)35(33)22-25)29-17-15-28(16-18-29)23-37(30-10-6-4-7-11-30)31-12-8-5-9-13-31/h4-24H,1-3H3. The van der Waals surface area contributed by atoms with Gasteiger partial charge in [0.1, 0.15) is 0 Å². The van der Waals surface area contributed by atoms with Crippen molar-refractivity contribution in [2.75, 3.05) is 0 Å². The first-order valence-corrected chi connectivity index (χ1v) is 12.9. The van der Waals surface area contributed by atoms with E-state index in [4.69, 9.17) is 0 Å². The lowest BCUT2D eigenvalue weighted by molar-refractivity contribution is 1.40. The molecule has 0 aromatic heterocycles. The zero-order chi connectivity index (χ0) is 25.4. The zero-order valence-corrected chi connectivity index (χ0v) is 21.6. The first kappa shape index (κ1) is 23.0. The van der Waals surface area contributed by atoms with Crippen molar-refractivity contribution in [2.24, 2.45) is 0 Å². The molecule has 6 aromatic rings. The molecule has 0 radical (unpaired) electrons. The molecule has 0 saturated carbocycles. The predicted octanol–water partition coefficient (Wildman–Crippen LogP) is 10.2. The third-order valence-electron chi connectivity index (χ3n) is 7.58. The molecule has 0 aliphatic rings. The second kappa shape index (κ2) is 9.56. The van der Waals surface area contributed by atoms with Crippen LogP contribution in [0.5, 0.6) is 0 Å². The van der Waals surface area contributed by atoms with Crippen LogP contribution in [-0.4, -0.2) is 0 Å². The molecular formula is C37H30. The Morgan fingerprint density at radius 2 is 0.973 bits per heavy atom. The minimum absolute atomic E-state index is 1.20. The van der Waals surface area contributed by atoms with Crippen molar-refractivity contribution >= 4 is 33.2 Å². The molecule has 0 heterocycles. The van der Waals surface area contributed by atoms with Crippen LogP contribution in [0.1, 0.15) is 33.4 Å². The summed E-state index contributed by atoms with van der Waals surface area (Å²) in [6.45, 7) is 6.68. The Morgan fingerprint density at radius 1 is 0.459 bits per heavy atom. The van der Waals surface area contributed by atoms with Crippen molar-refractivity contribution in [3.05, 3.63) is 155 Å². The van der Waals surface area contributed by atoms with Crippen molar-refractivity contribution < 1.29 is 0 Å². The van der Waals surface area contributed by atoms with Crippen molar-refractivity contribution in [3.8, 4) is 11.1 Å². The number of rotatable bonds is 4. The van der Waals surface area contributed by atoms with Gasteiger partial charge in [0.15, 0.2) is 0 Å². The molecule has 0 amide bonds. The smallest absolute Gasteiger partial charge is 0.0102 e. The lowest BCUT2D eigenvalue weighted by atomic mass is 9.90. The quantitative estimate of drug-likeness (QED) is 0.176. The summed E-state index contributed by atoms with van der Waals surface area (Å²) in [5.74, 6) is 0. The summed E-state index contributed by atoms with van der Waals surface area (Å²) in [6.07, 6.45) is 2.29. The largest absolute Gasteiger partial charge is 0.0622 e. The summed E-state index contributed by atoms with van der Waals surface area (Å²) in [6, 6.07) is 43.9. The number of benzene rings is 6. The summed E-state index contributed by atoms with van der Waals surface area (Å²) in [5, 5.41) is 5.37. The lowest BCUT2D eigenvalue weighted by Crippen LogP contribution is -1.90. The molecule has 0 nitrogen and oxygen atoms in total. The highest BCUT2D eigenvalue weighted by Crippen LogP contribution is 2.35. The van der Waals surface area contributed by atoms with Gasteiger partial charge in [0.25, 0.3) is 0 Å². The Kier molecular flexibility index (Phi) is 5.94. The van der Waals surface area contributed by atoms with Crippen molar-refractivity contribution in [2.45, 2.75) is 20.8 Å². The van der Waals surface area contributed by atoms with Crippen LogP contribution in [0.15, 0.2) is 121 Å². The van der Waals surface area contributed by atoms with E-state index in [0.717, 1.165) is 0 Å². The third kappa shape index (κ3) is 4.36. The Bertz CT molecular complexity index is 1710. The fourth-order valence-electron chi connectivity index (χ4n) is 5.38. The summed E-state index contributed by atoms with van der Waals surface area (Å²) in [5.41, 5.74) is 11.4. The van der Waals surface area contributed by atoms with E-state index in [9.17, 15) is 0 Å². The molecule has 37 heavy (non-hydrogen) atoms. The molecule has 0 fully saturated rings. The van der Waals surface area contributed by atoms with Gasteiger partial charge in [-0.2, -0.15) is 0 Å². The normalized spacial score (nSPS) is 11.1. The Morgan fingerprint density at radius 3 is 1.57 bits per heavy atom. The van der Waals surface area contributed by atoms with Crippen molar-refractivity contribution in [3.63, 3.8) is 0 Å². The highest BCUT2D eigenvalue weighted by Gasteiger charge is 2.11. The molecule has 6 rings (SSSR count). The molecule has 0 aliphatic heterocycles. The van der Waals surface area contributed by atoms with E-state index < -0.39 is 0 Å². The van der Waals surface area contributed by atoms with E-state index >= 15 is 0 Å². The maximum Gasteiger partial charge on any atom is -0.0102 e. The van der Waals surface area contributed by atoms with Crippen LogP contribution in [0.25, 0.3) is 44.3 Å². The zero-order valence-electron chi connectivity index (χ0n) is 21.6. The van der Waals surface area contributed by atoms with Gasteiger partial charge in [-0.1, -0.05) is 121 Å². The van der Waals surface area contributed by atoms with Crippen LogP contribution in [-0.2, 0) is 0 Å². The molecule has 0 heteroatoms. The van der Waals surface area contributed by atoms with Crippen LogP contribution in [0.4, 0.5) is 0 Å². The Labute approximate surface area is 219 Å². The fourth-order valence-corrected chi connectivity index (χ4v) is 5.38. The number of aryl methyl sites for hydroxylation is 3. The van der Waals surface area contributed by atoms with Gasteiger partial charge < -0.3 is 0 Å². The van der Waals surface area contributed by atoms with Gasteiger partial charge in [-0.15, -0.1) is 0 Å². The number of hydrogen-bond donors (Lipinski definition) is 0. The SMILES string of the molecule is Cc1ccc2c(c1)c(C)c(C)c1cc(-c3ccc(C=C(c4ccccc4)c4ccccc4)cc3)ccc12. The highest BCUT2D eigenvalue weighted by atomic mass is 14.1. The van der Waals surface area contributed by atoms with E-state index in [-0.39, 0.29) is 0 Å². The minimum Gasteiger partial charge on any atom is -0.0622 e. The van der Waals surface area contributed by atoms with Crippen LogP contribution in [0, 0.1) is 20.8 Å². The van der Waals surface area contributed by atoms with E-state index in [2.05, 4.69) is 148 Å². The van der Waals surface area contributed by atoms with Gasteiger partial charge >= 0.3 is 0 Å². The van der Waals surface area contributed by atoms with Gasteiger partial charge in [-0.3, -0.25) is 0 Å². The Balaban J connectivity index is 1.41. The second-order valence-electron chi connectivity index (χ2n) is 9.97. The number of fused-ring (bicyclic) bond motifs is 3. The van der Waals surface area contributed by atoms with Gasteiger partial charge in [-0.05, 0) is 99.0 Å². The molecule has 0 saturated heterocycles. The summed E-state index contributed by atoms with van der Waals surface area (Å²) >= 11 is 0. The van der Waals surface area contributed by atoms with Crippen molar-refractivity contribution in [1.82, 2.24) is 0 Å². The van der Waals surface area contributed by atoms with Gasteiger partial charge in [0.2, 0.25) is 0 Å². The van der Waals surface area contributed by atoms with E-state index in [0.29, 0.717) is 0 Å². The molecule has 6 aromatic carbocycles. The van der Waals surface area contributed by atoms with Gasteiger partial charge in [-0.25, -0.2) is 0 Å². The van der Waals surface area contributed by atoms with Gasteiger partial charge in [0.05, 0.1) is 0 Å². The van der Waals surface area contributed by atoms with Crippen LogP contribution in [0.3, 0.4) is 0 Å². The van der Waals surface area contributed by atoms with Crippen LogP contribution >= 0.6 is 0 Å². The topological polar surface area (TPSA) is 0 Å². The van der Waals surface area contributed by atoms with E-state index in [1.165, 1.54) is 71.6 Å². The maximum atomic E-state index is 2.36. The number of hydrogen-bond acceptors (Lipinski definition) is 0. The molecular weight excluding hydrogens is 444 g/mol. The average molecular weight is 475 g/mol. The van der Waals surface area contributed by atoms with Crippen LogP contribution in [0.2, 0.25) is 0 Å². The Hall–Kier alpha value is -4.42. The van der Waals surface area contributed by atoms with E-state index in [1.54, 1.807) is 0 Å². The molecule has 0 unspecified atom stereocenters. The molecule has 0 N–H and O–H groups in total. The predicted molar refractivity (Wildman–Crippen MR) is 161 cm³/mol. The highest BCUT2D eigenvalue weighted by molar-refractivity contribution is 6.11. The molecule has 0 aliphatic carbocycles. The first-order chi connectivity index (χ1) is 18.1. The van der Waals surface area contributed by atoms with Crippen LogP contribution < -0.4 is 0 Å². The molecule has 0 atom stereocenters.